The molecule has 162 valence electrons. The van der Waals surface area contributed by atoms with Crippen LogP contribution >= 0.6 is 0 Å². The Kier molecular flexibility index (Phi) is 5.66. The van der Waals surface area contributed by atoms with Gasteiger partial charge in [0.25, 0.3) is 0 Å². The number of aliphatic hydroxyl groups is 1. The Labute approximate surface area is 183 Å². The molecule has 31 heavy (non-hydrogen) atoms. The van der Waals surface area contributed by atoms with Gasteiger partial charge in [-0.1, -0.05) is 30.4 Å². The highest BCUT2D eigenvalue weighted by molar-refractivity contribution is 5.92. The van der Waals surface area contributed by atoms with Crippen LogP contribution in [0, 0.1) is 0 Å². The average molecular weight is 419 g/mol. The smallest absolute Gasteiger partial charge is 0.319 e. The normalized spacial score (nSPS) is 20.3. The fraction of sp³-hybridized carbons (Fsp3) is 0.400. The Balaban J connectivity index is 1.10. The molecule has 0 bridgehead atoms. The van der Waals surface area contributed by atoms with Crippen LogP contribution in [0.25, 0.3) is 6.08 Å². The number of nitrogens with one attached hydrogen (secondary N) is 2. The lowest BCUT2D eigenvalue weighted by molar-refractivity contribution is 0.142. The summed E-state index contributed by atoms with van der Waals surface area (Å²) in [5, 5.41) is 16.1. The van der Waals surface area contributed by atoms with Gasteiger partial charge in [0.2, 0.25) is 0 Å². The number of carbonyl (C=O) groups is 1. The van der Waals surface area contributed by atoms with Gasteiger partial charge in [-0.2, -0.15) is 0 Å². The zero-order chi connectivity index (χ0) is 21.2. The van der Waals surface area contributed by atoms with Crippen LogP contribution in [0.4, 0.5) is 16.2 Å². The molecule has 0 unspecified atom stereocenters. The maximum Gasteiger partial charge on any atom is 0.319 e. The molecule has 6 heteroatoms. The molecule has 0 radical (unpaired) electrons. The lowest BCUT2D eigenvalue weighted by Gasteiger charge is -2.36. The van der Waals surface area contributed by atoms with Crippen LogP contribution in [0.5, 0.6) is 0 Å². The molecular formula is C25H30N4O2. The second kappa shape index (κ2) is 8.73. The van der Waals surface area contributed by atoms with Crippen molar-refractivity contribution >= 4 is 23.5 Å². The minimum Gasteiger partial charge on any atom is -0.388 e. The largest absolute Gasteiger partial charge is 0.388 e. The zero-order valence-corrected chi connectivity index (χ0v) is 17.8. The van der Waals surface area contributed by atoms with Gasteiger partial charge in [0, 0.05) is 50.6 Å². The van der Waals surface area contributed by atoms with Gasteiger partial charge in [0.05, 0.1) is 6.10 Å². The van der Waals surface area contributed by atoms with E-state index >= 15 is 0 Å². The summed E-state index contributed by atoms with van der Waals surface area (Å²) in [7, 11) is 0. The van der Waals surface area contributed by atoms with E-state index in [-0.39, 0.29) is 6.03 Å². The second-order valence-electron chi connectivity index (χ2n) is 8.80. The first kappa shape index (κ1) is 20.1. The van der Waals surface area contributed by atoms with Gasteiger partial charge in [-0.3, -0.25) is 4.90 Å². The van der Waals surface area contributed by atoms with Crippen molar-refractivity contribution in [1.29, 1.82) is 0 Å². The number of hydrogen-bond donors (Lipinski definition) is 3. The van der Waals surface area contributed by atoms with E-state index in [2.05, 4.69) is 44.7 Å². The van der Waals surface area contributed by atoms with Crippen molar-refractivity contribution in [2.75, 3.05) is 42.9 Å². The predicted molar refractivity (Wildman–Crippen MR) is 124 cm³/mol. The number of amides is 2. The molecule has 6 nitrogen and oxygen atoms in total. The van der Waals surface area contributed by atoms with E-state index in [1.807, 2.05) is 30.4 Å². The highest BCUT2D eigenvalue weighted by Gasteiger charge is 2.24. The summed E-state index contributed by atoms with van der Waals surface area (Å²) in [6.07, 6.45) is 6.00. The minimum atomic E-state index is -0.502. The molecule has 2 aromatic carbocycles. The van der Waals surface area contributed by atoms with Crippen LogP contribution in [-0.2, 0) is 6.54 Å². The van der Waals surface area contributed by atoms with Crippen molar-refractivity contribution in [2.24, 2.45) is 0 Å². The van der Waals surface area contributed by atoms with Crippen LogP contribution in [0.3, 0.4) is 0 Å². The van der Waals surface area contributed by atoms with E-state index in [1.54, 1.807) is 0 Å². The SMILES string of the molecule is O=C1NCc2cc(/C=C/[C@@H](O)CN3CCN(c4ccc(C5CC5)cc4)CC3)ccc2N1. The molecule has 2 aromatic rings. The quantitative estimate of drug-likeness (QED) is 0.673. The third-order valence-electron chi connectivity index (χ3n) is 6.45. The summed E-state index contributed by atoms with van der Waals surface area (Å²) < 4.78 is 0. The van der Waals surface area contributed by atoms with Crippen molar-refractivity contribution in [3.05, 3.63) is 65.2 Å². The van der Waals surface area contributed by atoms with Crippen LogP contribution < -0.4 is 15.5 Å². The monoisotopic (exact) mass is 418 g/mol. The number of urea groups is 1. The maximum atomic E-state index is 11.4. The molecular weight excluding hydrogens is 388 g/mol. The van der Waals surface area contributed by atoms with Gasteiger partial charge in [0.15, 0.2) is 0 Å². The molecule has 1 aliphatic carbocycles. The summed E-state index contributed by atoms with van der Waals surface area (Å²) in [6, 6.07) is 14.9. The standard InChI is InChI=1S/C25H30N4O2/c30-23(9-1-18-2-10-24-21(15-18)16-26-25(31)27-24)17-28-11-13-29(14-12-28)22-7-5-20(6-8-22)19-3-4-19/h1-2,5-10,15,19,23,30H,3-4,11-14,16-17H2,(H2,26,27,31)/b9-1+/t23-/m1/s1. The molecule has 3 aliphatic rings. The van der Waals surface area contributed by atoms with Gasteiger partial charge in [-0.25, -0.2) is 4.79 Å². The fourth-order valence-corrected chi connectivity index (χ4v) is 4.44. The Morgan fingerprint density at radius 1 is 1.06 bits per heavy atom. The Bertz CT molecular complexity index is 960. The van der Waals surface area contributed by atoms with Gasteiger partial charge in [-0.15, -0.1) is 0 Å². The Morgan fingerprint density at radius 2 is 1.84 bits per heavy atom. The summed E-state index contributed by atoms with van der Waals surface area (Å²) in [4.78, 5) is 16.1. The predicted octanol–water partition coefficient (Wildman–Crippen LogP) is 3.40. The number of carbonyl (C=O) groups excluding carboxylic acids is 1. The fourth-order valence-electron chi connectivity index (χ4n) is 4.44. The van der Waals surface area contributed by atoms with E-state index in [0.717, 1.165) is 48.9 Å². The summed E-state index contributed by atoms with van der Waals surface area (Å²) >= 11 is 0. The van der Waals surface area contributed by atoms with E-state index in [1.165, 1.54) is 24.1 Å². The molecule has 1 atom stereocenters. The third-order valence-corrected chi connectivity index (χ3v) is 6.45. The summed E-state index contributed by atoms with van der Waals surface area (Å²) in [5.74, 6) is 0.805. The van der Waals surface area contributed by atoms with E-state index < -0.39 is 6.10 Å². The van der Waals surface area contributed by atoms with Crippen molar-refractivity contribution in [3.63, 3.8) is 0 Å². The second-order valence-corrected chi connectivity index (χ2v) is 8.80. The zero-order valence-electron chi connectivity index (χ0n) is 17.8. The Hall–Kier alpha value is -2.83. The van der Waals surface area contributed by atoms with Crippen LogP contribution in [0.2, 0.25) is 0 Å². The number of rotatable bonds is 6. The summed E-state index contributed by atoms with van der Waals surface area (Å²) in [6.45, 7) is 5.07. The first-order chi connectivity index (χ1) is 15.1. The van der Waals surface area contributed by atoms with E-state index in [0.29, 0.717) is 13.1 Å². The Morgan fingerprint density at radius 3 is 2.58 bits per heavy atom. The van der Waals surface area contributed by atoms with Crippen LogP contribution in [0.1, 0.15) is 35.4 Å². The van der Waals surface area contributed by atoms with E-state index in [9.17, 15) is 9.90 Å². The third kappa shape index (κ3) is 4.92. The van der Waals surface area contributed by atoms with Gasteiger partial charge in [0.1, 0.15) is 0 Å². The molecule has 1 saturated carbocycles. The molecule has 2 aliphatic heterocycles. The molecule has 1 saturated heterocycles. The number of anilines is 2. The highest BCUT2D eigenvalue weighted by atomic mass is 16.3. The number of β-amino-alcohol motifs (C(OH)–C–C–N with tert-alkyl or cyclic N) is 1. The highest BCUT2D eigenvalue weighted by Crippen LogP contribution is 2.40. The van der Waals surface area contributed by atoms with Crippen molar-refractivity contribution < 1.29 is 9.90 Å². The lowest BCUT2D eigenvalue weighted by Crippen LogP contribution is -2.48. The number of benzene rings is 2. The van der Waals surface area contributed by atoms with Crippen LogP contribution in [0.15, 0.2) is 48.5 Å². The van der Waals surface area contributed by atoms with Gasteiger partial charge < -0.3 is 20.6 Å². The number of piperazine rings is 1. The van der Waals surface area contributed by atoms with Crippen molar-refractivity contribution in [1.82, 2.24) is 10.2 Å². The van der Waals surface area contributed by atoms with Crippen molar-refractivity contribution in [3.8, 4) is 0 Å². The molecule has 2 fully saturated rings. The number of aliphatic hydroxyl groups excluding tert-OH is 1. The lowest BCUT2D eigenvalue weighted by atomic mass is 10.1. The first-order valence-corrected chi connectivity index (χ1v) is 11.3. The first-order valence-electron chi connectivity index (χ1n) is 11.3. The number of fused-ring (bicyclic) bond motifs is 1. The molecule has 2 amide bonds. The van der Waals surface area contributed by atoms with Crippen molar-refractivity contribution in [2.45, 2.75) is 31.4 Å². The molecule has 5 rings (SSSR count). The molecule has 0 spiro atoms. The van der Waals surface area contributed by atoms with E-state index in [4.69, 9.17) is 0 Å². The molecule has 0 aromatic heterocycles. The van der Waals surface area contributed by atoms with Crippen LogP contribution in [-0.4, -0.2) is 54.9 Å². The minimum absolute atomic E-state index is 0.165. The average Bonchev–Trinajstić information content (AvgIpc) is 3.64. The topological polar surface area (TPSA) is 67.8 Å². The molecule has 3 N–H and O–H groups in total. The molecule has 2 heterocycles. The van der Waals surface area contributed by atoms with Gasteiger partial charge >= 0.3 is 6.03 Å². The number of hydrogen-bond acceptors (Lipinski definition) is 4. The number of nitrogens with zero attached hydrogens (tertiary/aromatic N) is 2. The summed E-state index contributed by atoms with van der Waals surface area (Å²) in [5.41, 5.74) is 5.72. The van der Waals surface area contributed by atoms with Gasteiger partial charge in [-0.05, 0) is 59.7 Å². The maximum absolute atomic E-state index is 11.4.